The van der Waals surface area contributed by atoms with Crippen molar-refractivity contribution in [2.75, 3.05) is 11.7 Å². The maximum Gasteiger partial charge on any atom is 0.147 e. The molecule has 0 fully saturated rings. The molecule has 0 unspecified atom stereocenters. The topological polar surface area (TPSA) is 63.8 Å². The van der Waals surface area contributed by atoms with Crippen molar-refractivity contribution < 1.29 is 0 Å². The number of hydrogen-bond acceptors (Lipinski definition) is 5. The second-order valence-electron chi connectivity index (χ2n) is 2.94. The third-order valence-corrected chi connectivity index (χ3v) is 2.47. The predicted molar refractivity (Wildman–Crippen MR) is 55.7 cm³/mol. The van der Waals surface area contributed by atoms with Crippen LogP contribution in [0.5, 0.6) is 0 Å². The molecule has 0 spiro atoms. The van der Waals surface area contributed by atoms with Gasteiger partial charge < -0.3 is 5.43 Å². The lowest BCUT2D eigenvalue weighted by atomic mass is 10.1. The van der Waals surface area contributed by atoms with Crippen LogP contribution in [0, 0.1) is 0 Å². The zero-order valence-corrected chi connectivity index (χ0v) is 8.85. The first-order valence-electron chi connectivity index (χ1n) is 4.06. The van der Waals surface area contributed by atoms with Crippen LogP contribution in [-0.4, -0.2) is 16.2 Å². The van der Waals surface area contributed by atoms with Gasteiger partial charge in [0.2, 0.25) is 0 Å². The van der Waals surface area contributed by atoms with Crippen LogP contribution in [0.1, 0.15) is 25.3 Å². The molecule has 1 aromatic rings. The molecule has 0 bridgehead atoms. The lowest BCUT2D eigenvalue weighted by Gasteiger charge is -2.13. The van der Waals surface area contributed by atoms with Crippen LogP contribution >= 0.6 is 11.8 Å². The molecule has 3 N–H and O–H groups in total. The Morgan fingerprint density at radius 2 is 2.15 bits per heavy atom. The quantitative estimate of drug-likeness (QED) is 0.334. The van der Waals surface area contributed by atoms with Crippen molar-refractivity contribution in [3.05, 3.63) is 11.9 Å². The van der Waals surface area contributed by atoms with E-state index in [9.17, 15) is 0 Å². The maximum atomic E-state index is 5.36. The minimum absolute atomic E-state index is 0.370. The number of nitrogens with zero attached hydrogens (tertiary/aromatic N) is 2. The van der Waals surface area contributed by atoms with Gasteiger partial charge in [0.25, 0.3) is 0 Å². The van der Waals surface area contributed by atoms with Crippen molar-refractivity contribution in [2.24, 2.45) is 5.84 Å². The number of hydrogen-bond donors (Lipinski definition) is 2. The molecule has 0 aliphatic heterocycles. The molecular formula is C8H14N4S. The minimum atomic E-state index is 0.370. The summed E-state index contributed by atoms with van der Waals surface area (Å²) in [5.74, 6) is 6.45. The molecule has 72 valence electrons. The fourth-order valence-electron chi connectivity index (χ4n) is 1.18. The molecule has 0 aliphatic rings. The minimum Gasteiger partial charge on any atom is -0.308 e. The zero-order valence-electron chi connectivity index (χ0n) is 8.03. The van der Waals surface area contributed by atoms with Gasteiger partial charge in [-0.15, -0.1) is 11.8 Å². The molecule has 0 aromatic carbocycles. The number of rotatable bonds is 3. The van der Waals surface area contributed by atoms with Crippen molar-refractivity contribution in [2.45, 2.75) is 24.8 Å². The SMILES string of the molecule is CSc1ncnc(NN)c1C(C)C. The van der Waals surface area contributed by atoms with Crippen LogP contribution in [-0.2, 0) is 0 Å². The molecule has 1 heterocycles. The second-order valence-corrected chi connectivity index (χ2v) is 3.74. The largest absolute Gasteiger partial charge is 0.308 e. The van der Waals surface area contributed by atoms with E-state index in [2.05, 4.69) is 29.2 Å². The molecule has 0 saturated carbocycles. The van der Waals surface area contributed by atoms with E-state index >= 15 is 0 Å². The lowest BCUT2D eigenvalue weighted by molar-refractivity contribution is 0.804. The van der Waals surface area contributed by atoms with Gasteiger partial charge in [-0.25, -0.2) is 15.8 Å². The molecular weight excluding hydrogens is 184 g/mol. The summed E-state index contributed by atoms with van der Waals surface area (Å²) in [6.07, 6.45) is 3.52. The first-order valence-corrected chi connectivity index (χ1v) is 5.28. The number of nitrogens with two attached hydrogens (primary N) is 1. The van der Waals surface area contributed by atoms with E-state index in [-0.39, 0.29) is 0 Å². The number of nitrogens with one attached hydrogen (secondary N) is 1. The van der Waals surface area contributed by atoms with Gasteiger partial charge >= 0.3 is 0 Å². The Balaban J connectivity index is 3.21. The van der Waals surface area contributed by atoms with Gasteiger partial charge in [-0.1, -0.05) is 13.8 Å². The normalized spacial score (nSPS) is 10.5. The van der Waals surface area contributed by atoms with E-state index in [0.29, 0.717) is 11.7 Å². The first-order chi connectivity index (χ1) is 6.20. The summed E-state index contributed by atoms with van der Waals surface area (Å²) in [6, 6.07) is 0. The number of anilines is 1. The van der Waals surface area contributed by atoms with E-state index in [0.717, 1.165) is 10.6 Å². The summed E-state index contributed by atoms with van der Waals surface area (Å²) in [7, 11) is 0. The fourth-order valence-corrected chi connectivity index (χ4v) is 1.88. The van der Waals surface area contributed by atoms with E-state index in [1.807, 2.05) is 6.26 Å². The van der Waals surface area contributed by atoms with Gasteiger partial charge in [-0.3, -0.25) is 0 Å². The number of aromatic nitrogens is 2. The summed E-state index contributed by atoms with van der Waals surface area (Å²) in [5.41, 5.74) is 3.67. The molecule has 4 nitrogen and oxygen atoms in total. The molecule has 0 radical (unpaired) electrons. The van der Waals surface area contributed by atoms with Gasteiger partial charge in [0, 0.05) is 5.56 Å². The highest BCUT2D eigenvalue weighted by Gasteiger charge is 2.12. The van der Waals surface area contributed by atoms with Gasteiger partial charge in [0.15, 0.2) is 0 Å². The molecule has 0 atom stereocenters. The van der Waals surface area contributed by atoms with Crippen LogP contribution < -0.4 is 11.3 Å². The van der Waals surface area contributed by atoms with E-state index in [4.69, 9.17) is 5.84 Å². The highest BCUT2D eigenvalue weighted by Crippen LogP contribution is 2.29. The van der Waals surface area contributed by atoms with Crippen LogP contribution in [0.15, 0.2) is 11.4 Å². The fraction of sp³-hybridized carbons (Fsp3) is 0.500. The molecule has 5 heteroatoms. The zero-order chi connectivity index (χ0) is 9.84. The number of hydrazine groups is 1. The van der Waals surface area contributed by atoms with Crippen molar-refractivity contribution >= 4 is 17.6 Å². The van der Waals surface area contributed by atoms with Crippen molar-refractivity contribution in [3.63, 3.8) is 0 Å². The first kappa shape index (κ1) is 10.3. The van der Waals surface area contributed by atoms with Gasteiger partial charge in [-0.2, -0.15) is 0 Å². The standard InChI is InChI=1S/C8H14N4S/c1-5(2)6-7(12-9)10-4-11-8(6)13-3/h4-5H,9H2,1-3H3,(H,10,11,12). The number of thioether (sulfide) groups is 1. The Morgan fingerprint density at radius 1 is 1.46 bits per heavy atom. The maximum absolute atomic E-state index is 5.36. The van der Waals surface area contributed by atoms with Crippen LogP contribution in [0.4, 0.5) is 5.82 Å². The van der Waals surface area contributed by atoms with Gasteiger partial charge in [-0.05, 0) is 12.2 Å². The third kappa shape index (κ3) is 2.10. The monoisotopic (exact) mass is 198 g/mol. The van der Waals surface area contributed by atoms with Crippen LogP contribution in [0.2, 0.25) is 0 Å². The average Bonchev–Trinajstić information content (AvgIpc) is 2.16. The Labute approximate surface area is 82.3 Å². The van der Waals surface area contributed by atoms with Crippen molar-refractivity contribution in [1.29, 1.82) is 0 Å². The molecule has 0 aliphatic carbocycles. The van der Waals surface area contributed by atoms with Gasteiger partial charge in [0.1, 0.15) is 17.2 Å². The highest BCUT2D eigenvalue weighted by atomic mass is 32.2. The summed E-state index contributed by atoms with van der Waals surface area (Å²) in [4.78, 5) is 8.25. The Hall–Kier alpha value is -0.810. The van der Waals surface area contributed by atoms with Gasteiger partial charge in [0.05, 0.1) is 0 Å². The molecule has 13 heavy (non-hydrogen) atoms. The summed E-state index contributed by atoms with van der Waals surface area (Å²) in [5, 5.41) is 0.984. The summed E-state index contributed by atoms with van der Waals surface area (Å²) in [6.45, 7) is 4.19. The Bertz CT molecular complexity index is 265. The Morgan fingerprint density at radius 3 is 2.62 bits per heavy atom. The lowest BCUT2D eigenvalue weighted by Crippen LogP contribution is -2.13. The highest BCUT2D eigenvalue weighted by molar-refractivity contribution is 7.98. The van der Waals surface area contributed by atoms with Crippen molar-refractivity contribution in [3.8, 4) is 0 Å². The van der Waals surface area contributed by atoms with E-state index in [1.165, 1.54) is 6.33 Å². The number of nitrogen functional groups attached to an aromatic ring is 1. The smallest absolute Gasteiger partial charge is 0.147 e. The molecule has 1 aromatic heterocycles. The average molecular weight is 198 g/mol. The van der Waals surface area contributed by atoms with Crippen LogP contribution in [0.3, 0.4) is 0 Å². The molecule has 0 saturated heterocycles. The molecule has 0 amide bonds. The summed E-state index contributed by atoms with van der Waals surface area (Å²) >= 11 is 1.61. The predicted octanol–water partition coefficient (Wildman–Crippen LogP) is 1.61. The Kier molecular flexibility index (Phi) is 3.50. The van der Waals surface area contributed by atoms with E-state index in [1.54, 1.807) is 11.8 Å². The van der Waals surface area contributed by atoms with Crippen LogP contribution in [0.25, 0.3) is 0 Å². The van der Waals surface area contributed by atoms with Crippen molar-refractivity contribution in [1.82, 2.24) is 9.97 Å². The molecule has 1 rings (SSSR count). The second kappa shape index (κ2) is 4.43. The van der Waals surface area contributed by atoms with E-state index < -0.39 is 0 Å². The summed E-state index contributed by atoms with van der Waals surface area (Å²) < 4.78 is 0. The third-order valence-electron chi connectivity index (χ3n) is 1.75.